The van der Waals surface area contributed by atoms with Crippen LogP contribution in [0.4, 0.5) is 13.2 Å². The first-order chi connectivity index (χ1) is 8.50. The lowest BCUT2D eigenvalue weighted by Crippen LogP contribution is -2.44. The van der Waals surface area contributed by atoms with E-state index in [9.17, 15) is 13.2 Å². The zero-order valence-corrected chi connectivity index (χ0v) is 11.2. The predicted molar refractivity (Wildman–Crippen MR) is 65.5 cm³/mol. The summed E-state index contributed by atoms with van der Waals surface area (Å²) in [6.45, 7) is 0.613. The van der Waals surface area contributed by atoms with E-state index in [1.807, 2.05) is 0 Å². The summed E-state index contributed by atoms with van der Waals surface area (Å²) in [4.78, 5) is 0. The summed E-state index contributed by atoms with van der Waals surface area (Å²) in [6, 6.07) is -0.0490. The van der Waals surface area contributed by atoms with Crippen molar-refractivity contribution in [1.82, 2.24) is 5.32 Å². The Bertz CT molecular complexity index is 233. The van der Waals surface area contributed by atoms with Gasteiger partial charge in [0, 0.05) is 19.8 Å². The third-order valence-corrected chi connectivity index (χ3v) is 3.99. The molecule has 1 aliphatic carbocycles. The van der Waals surface area contributed by atoms with Crippen LogP contribution in [0.2, 0.25) is 0 Å². The van der Waals surface area contributed by atoms with Gasteiger partial charge in [0.1, 0.15) is 0 Å². The molecular formula is C13H24F3NO. The minimum absolute atomic E-state index is 0.0490. The largest absolute Gasteiger partial charge is 0.392 e. The maximum atomic E-state index is 13.0. The van der Waals surface area contributed by atoms with Gasteiger partial charge in [0.2, 0.25) is 0 Å². The van der Waals surface area contributed by atoms with Gasteiger partial charge in [-0.2, -0.15) is 13.2 Å². The third-order valence-electron chi connectivity index (χ3n) is 3.99. The van der Waals surface area contributed by atoms with E-state index >= 15 is 0 Å². The molecule has 108 valence electrons. The van der Waals surface area contributed by atoms with Gasteiger partial charge in [0.15, 0.2) is 0 Å². The predicted octanol–water partition coefficient (Wildman–Crippen LogP) is 3.37. The van der Waals surface area contributed by atoms with E-state index in [0.717, 1.165) is 19.3 Å². The number of hydrogen-bond acceptors (Lipinski definition) is 2. The first-order valence-electron chi connectivity index (χ1n) is 6.73. The van der Waals surface area contributed by atoms with Gasteiger partial charge in [-0.3, -0.25) is 0 Å². The lowest BCUT2D eigenvalue weighted by molar-refractivity contribution is -0.199. The molecule has 0 bridgehead atoms. The standard InChI is InChI=1S/C13H24F3NO/c1-17-12(8-5-9-18-2)10-6-3-4-7-11(10)13(14,15)16/h10-12,17H,3-9H2,1-2H3. The highest BCUT2D eigenvalue weighted by Gasteiger charge is 2.47. The molecule has 0 radical (unpaired) electrons. The van der Waals surface area contributed by atoms with Gasteiger partial charge in [0.05, 0.1) is 5.92 Å². The quantitative estimate of drug-likeness (QED) is 0.745. The van der Waals surface area contributed by atoms with E-state index in [4.69, 9.17) is 4.74 Å². The van der Waals surface area contributed by atoms with Crippen molar-refractivity contribution in [2.45, 2.75) is 50.7 Å². The van der Waals surface area contributed by atoms with Crippen molar-refractivity contribution in [3.05, 3.63) is 0 Å². The Kier molecular flexibility index (Phi) is 6.43. The van der Waals surface area contributed by atoms with Crippen molar-refractivity contribution in [2.75, 3.05) is 20.8 Å². The minimum Gasteiger partial charge on any atom is -0.385 e. The number of methoxy groups -OCH3 is 1. The molecule has 2 nitrogen and oxygen atoms in total. The van der Waals surface area contributed by atoms with Crippen LogP contribution in [0.25, 0.3) is 0 Å². The summed E-state index contributed by atoms with van der Waals surface area (Å²) in [7, 11) is 3.38. The first kappa shape index (κ1) is 15.8. The van der Waals surface area contributed by atoms with Gasteiger partial charge in [-0.05, 0) is 38.6 Å². The monoisotopic (exact) mass is 267 g/mol. The Morgan fingerprint density at radius 3 is 2.50 bits per heavy atom. The van der Waals surface area contributed by atoms with E-state index in [2.05, 4.69) is 5.32 Å². The van der Waals surface area contributed by atoms with E-state index in [-0.39, 0.29) is 18.4 Å². The SMILES string of the molecule is CNC(CCCOC)C1CCCCC1C(F)(F)F. The van der Waals surface area contributed by atoms with Crippen LogP contribution in [0, 0.1) is 11.8 Å². The normalized spacial score (nSPS) is 27.2. The van der Waals surface area contributed by atoms with E-state index < -0.39 is 12.1 Å². The molecule has 0 aromatic carbocycles. The highest BCUT2D eigenvalue weighted by atomic mass is 19.4. The maximum Gasteiger partial charge on any atom is 0.392 e. The lowest BCUT2D eigenvalue weighted by atomic mass is 9.74. The average Bonchev–Trinajstić information content (AvgIpc) is 2.34. The Morgan fingerprint density at radius 1 is 1.28 bits per heavy atom. The molecule has 0 amide bonds. The summed E-state index contributed by atoms with van der Waals surface area (Å²) in [5, 5.41) is 3.08. The van der Waals surface area contributed by atoms with Gasteiger partial charge in [-0.25, -0.2) is 0 Å². The zero-order valence-electron chi connectivity index (χ0n) is 11.2. The van der Waals surface area contributed by atoms with Crippen LogP contribution in [0.3, 0.4) is 0 Å². The summed E-state index contributed by atoms with van der Waals surface area (Å²) < 4.78 is 44.0. The fourth-order valence-electron chi connectivity index (χ4n) is 3.07. The molecule has 18 heavy (non-hydrogen) atoms. The average molecular weight is 267 g/mol. The molecule has 0 saturated heterocycles. The number of rotatable bonds is 6. The van der Waals surface area contributed by atoms with Gasteiger partial charge in [-0.1, -0.05) is 12.8 Å². The summed E-state index contributed by atoms with van der Waals surface area (Å²) in [6.07, 6.45) is 0.0975. The molecule has 1 N–H and O–H groups in total. The molecule has 1 aliphatic rings. The van der Waals surface area contributed by atoms with Crippen molar-refractivity contribution in [1.29, 1.82) is 0 Å². The molecule has 0 aromatic heterocycles. The van der Waals surface area contributed by atoms with Gasteiger partial charge >= 0.3 is 6.18 Å². The molecule has 0 aromatic rings. The summed E-state index contributed by atoms with van der Waals surface area (Å²) in [5.74, 6) is -1.41. The van der Waals surface area contributed by atoms with Crippen molar-refractivity contribution in [3.63, 3.8) is 0 Å². The van der Waals surface area contributed by atoms with Crippen LogP contribution in [0.5, 0.6) is 0 Å². The Balaban J connectivity index is 2.62. The van der Waals surface area contributed by atoms with E-state index in [1.165, 1.54) is 0 Å². The van der Waals surface area contributed by atoms with Crippen LogP contribution in [-0.2, 0) is 4.74 Å². The van der Waals surface area contributed by atoms with Crippen LogP contribution in [-0.4, -0.2) is 33.0 Å². The topological polar surface area (TPSA) is 21.3 Å². The molecule has 0 aliphatic heterocycles. The van der Waals surface area contributed by atoms with Crippen LogP contribution >= 0.6 is 0 Å². The second-order valence-corrected chi connectivity index (χ2v) is 5.13. The molecule has 0 spiro atoms. The number of alkyl halides is 3. The fraction of sp³-hybridized carbons (Fsp3) is 1.00. The molecule has 3 atom stereocenters. The Labute approximate surface area is 107 Å². The maximum absolute atomic E-state index is 13.0. The molecule has 3 unspecified atom stereocenters. The van der Waals surface area contributed by atoms with Crippen molar-refractivity contribution in [2.24, 2.45) is 11.8 Å². The molecule has 0 heterocycles. The van der Waals surface area contributed by atoms with E-state index in [1.54, 1.807) is 14.2 Å². The van der Waals surface area contributed by atoms with Crippen molar-refractivity contribution in [3.8, 4) is 0 Å². The second kappa shape index (κ2) is 7.34. The summed E-state index contributed by atoms with van der Waals surface area (Å²) in [5.41, 5.74) is 0. The minimum atomic E-state index is -4.05. The van der Waals surface area contributed by atoms with Gasteiger partial charge < -0.3 is 10.1 Å². The number of halogens is 3. The third kappa shape index (κ3) is 4.43. The number of hydrogen-bond donors (Lipinski definition) is 1. The molecule has 1 rings (SSSR count). The number of ether oxygens (including phenoxy) is 1. The summed E-state index contributed by atoms with van der Waals surface area (Å²) >= 11 is 0. The van der Waals surface area contributed by atoms with Gasteiger partial charge in [-0.15, -0.1) is 0 Å². The first-order valence-corrected chi connectivity index (χ1v) is 6.73. The van der Waals surface area contributed by atoms with E-state index in [0.29, 0.717) is 19.4 Å². The molecule has 1 saturated carbocycles. The highest BCUT2D eigenvalue weighted by molar-refractivity contribution is 4.87. The second-order valence-electron chi connectivity index (χ2n) is 5.13. The van der Waals surface area contributed by atoms with Crippen LogP contribution in [0.15, 0.2) is 0 Å². The van der Waals surface area contributed by atoms with Crippen molar-refractivity contribution >= 4 is 0 Å². The molecular weight excluding hydrogens is 243 g/mol. The van der Waals surface area contributed by atoms with Crippen molar-refractivity contribution < 1.29 is 17.9 Å². The van der Waals surface area contributed by atoms with Crippen LogP contribution < -0.4 is 5.32 Å². The zero-order chi connectivity index (χ0) is 13.6. The lowest BCUT2D eigenvalue weighted by Gasteiger charge is -2.38. The molecule has 1 fully saturated rings. The highest BCUT2D eigenvalue weighted by Crippen LogP contribution is 2.43. The Hall–Kier alpha value is -0.290. The molecule has 5 heteroatoms. The fourth-order valence-corrected chi connectivity index (χ4v) is 3.07. The van der Waals surface area contributed by atoms with Crippen LogP contribution in [0.1, 0.15) is 38.5 Å². The smallest absolute Gasteiger partial charge is 0.385 e. The number of nitrogens with one attached hydrogen (secondary N) is 1. The Morgan fingerprint density at radius 2 is 1.94 bits per heavy atom. The van der Waals surface area contributed by atoms with Gasteiger partial charge in [0.25, 0.3) is 0 Å².